The number of Topliss-reactive ketones (excluding diaryl/α,β-unsaturated/α-hetero) is 1. The fraction of sp³-hybridized carbons (Fsp3) is 0.958. The Morgan fingerprint density at radius 1 is 0.857 bits per heavy atom. The SMILES string of the molecule is CCN(CC)C(C)C(=O)[C@](O)(Cl)[C@@H](O)[C@H](O)[C@H](O)CO[C@H]1O[C@H](CO[C@H]2O[C@H](CO)[C@@H](O)[C@H](O)[C@H]2O)[C@@H](O)[C@H](O)[C@H]1O. The Morgan fingerprint density at radius 3 is 1.83 bits per heavy atom. The third-order valence-corrected chi connectivity index (χ3v) is 7.98. The summed E-state index contributed by atoms with van der Waals surface area (Å²) in [6, 6.07) is -0.946. The summed E-state index contributed by atoms with van der Waals surface area (Å²) in [4.78, 5) is 14.4. The van der Waals surface area contributed by atoms with E-state index in [0.29, 0.717) is 13.1 Å². The summed E-state index contributed by atoms with van der Waals surface area (Å²) in [5.74, 6) is -1.03. The smallest absolute Gasteiger partial charge is 0.228 e. The molecule has 15 atom stereocenters. The monoisotopic (exact) mass is 637 g/mol. The molecular formula is C24H44ClNO16. The van der Waals surface area contributed by atoms with Crippen LogP contribution in [0, 0.1) is 0 Å². The lowest BCUT2D eigenvalue weighted by atomic mass is 9.96. The molecule has 2 aliphatic rings. The van der Waals surface area contributed by atoms with Crippen molar-refractivity contribution in [2.45, 2.75) is 112 Å². The molecule has 2 aliphatic heterocycles. The fourth-order valence-electron chi connectivity index (χ4n) is 4.69. The number of ether oxygens (including phenoxy) is 4. The van der Waals surface area contributed by atoms with Gasteiger partial charge in [-0.1, -0.05) is 25.4 Å². The molecule has 2 saturated heterocycles. The first-order chi connectivity index (χ1) is 19.5. The summed E-state index contributed by atoms with van der Waals surface area (Å²) in [6.07, 6.45) is -23.4. The highest BCUT2D eigenvalue weighted by molar-refractivity contribution is 6.35. The molecule has 248 valence electrons. The quantitative estimate of drug-likeness (QED) is 0.0745. The van der Waals surface area contributed by atoms with Gasteiger partial charge in [0.1, 0.15) is 67.1 Å². The second-order valence-electron chi connectivity index (χ2n) is 10.3. The molecule has 0 spiro atoms. The molecular weight excluding hydrogens is 594 g/mol. The van der Waals surface area contributed by atoms with Gasteiger partial charge in [-0.25, -0.2) is 0 Å². The number of rotatable bonds is 15. The van der Waals surface area contributed by atoms with Gasteiger partial charge < -0.3 is 75.1 Å². The highest BCUT2D eigenvalue weighted by Crippen LogP contribution is 2.28. The average Bonchev–Trinajstić information content (AvgIpc) is 2.97. The largest absolute Gasteiger partial charge is 0.394 e. The lowest BCUT2D eigenvalue weighted by Gasteiger charge is -2.43. The van der Waals surface area contributed by atoms with Crippen LogP contribution in [0.2, 0.25) is 0 Å². The molecule has 0 aromatic carbocycles. The van der Waals surface area contributed by atoms with Gasteiger partial charge in [0.15, 0.2) is 18.4 Å². The van der Waals surface area contributed by atoms with Gasteiger partial charge in [-0.15, -0.1) is 0 Å². The number of aliphatic hydroxyl groups excluding tert-OH is 10. The van der Waals surface area contributed by atoms with Gasteiger partial charge in [0.2, 0.25) is 5.06 Å². The average molecular weight is 638 g/mol. The molecule has 2 fully saturated rings. The molecule has 0 saturated carbocycles. The number of carbonyl (C=O) groups is 1. The second kappa shape index (κ2) is 16.1. The van der Waals surface area contributed by atoms with Gasteiger partial charge >= 0.3 is 0 Å². The van der Waals surface area contributed by atoms with Crippen molar-refractivity contribution in [2.24, 2.45) is 0 Å². The van der Waals surface area contributed by atoms with Crippen molar-refractivity contribution in [1.29, 1.82) is 0 Å². The maximum absolute atomic E-state index is 12.7. The first-order valence-electron chi connectivity index (χ1n) is 13.5. The van der Waals surface area contributed by atoms with E-state index in [1.54, 1.807) is 18.7 Å². The van der Waals surface area contributed by atoms with Crippen molar-refractivity contribution >= 4 is 17.4 Å². The fourth-order valence-corrected chi connectivity index (χ4v) is 4.98. The van der Waals surface area contributed by atoms with Crippen LogP contribution in [0.3, 0.4) is 0 Å². The third kappa shape index (κ3) is 8.32. The summed E-state index contributed by atoms with van der Waals surface area (Å²) in [7, 11) is 0. The summed E-state index contributed by atoms with van der Waals surface area (Å²) >= 11 is 5.91. The zero-order valence-electron chi connectivity index (χ0n) is 23.4. The third-order valence-electron chi connectivity index (χ3n) is 7.57. The molecule has 11 N–H and O–H groups in total. The van der Waals surface area contributed by atoms with Crippen molar-refractivity contribution in [2.75, 3.05) is 32.9 Å². The Balaban J connectivity index is 2.00. The molecule has 2 heterocycles. The molecule has 17 nitrogen and oxygen atoms in total. The van der Waals surface area contributed by atoms with Crippen LogP contribution in [0.25, 0.3) is 0 Å². The number of hydrogen-bond donors (Lipinski definition) is 11. The summed E-state index contributed by atoms with van der Waals surface area (Å²) in [6.45, 7) is 3.56. The number of ketones is 1. The van der Waals surface area contributed by atoms with Crippen molar-refractivity contribution in [1.82, 2.24) is 4.90 Å². The summed E-state index contributed by atoms with van der Waals surface area (Å²) < 4.78 is 21.1. The van der Waals surface area contributed by atoms with E-state index >= 15 is 0 Å². The highest BCUT2D eigenvalue weighted by Gasteiger charge is 2.50. The predicted molar refractivity (Wildman–Crippen MR) is 139 cm³/mol. The second-order valence-corrected chi connectivity index (χ2v) is 10.9. The standard InChI is InChI=1S/C24H44ClNO16/c1-4-26(5-2)9(3)20(36)24(25,38)21(37)13(29)10(28)7-39-22-19(35)17(33)15(31)12(42-22)8-40-23-18(34)16(32)14(30)11(6-27)41-23/h9-19,21-23,27-35,37-38H,4-8H2,1-3H3/t9?,10-,11-,12-,13-,14-,15-,16+,17+,18-,19-,21+,22+,23+,24-/m1/s1. The van der Waals surface area contributed by atoms with Crippen molar-refractivity contribution in [3.05, 3.63) is 0 Å². The minimum Gasteiger partial charge on any atom is -0.394 e. The Morgan fingerprint density at radius 2 is 1.33 bits per heavy atom. The molecule has 0 radical (unpaired) electrons. The van der Waals surface area contributed by atoms with Gasteiger partial charge in [0.05, 0.1) is 25.9 Å². The van der Waals surface area contributed by atoms with E-state index in [1.807, 2.05) is 0 Å². The van der Waals surface area contributed by atoms with Crippen LogP contribution in [0.1, 0.15) is 20.8 Å². The maximum atomic E-state index is 12.7. The molecule has 42 heavy (non-hydrogen) atoms. The number of hydrogen-bond acceptors (Lipinski definition) is 17. The normalized spacial score (nSPS) is 38.5. The maximum Gasteiger partial charge on any atom is 0.228 e. The molecule has 0 aromatic rings. The first kappa shape index (κ1) is 37.5. The summed E-state index contributed by atoms with van der Waals surface area (Å²) in [5.41, 5.74) is 0. The zero-order chi connectivity index (χ0) is 32.1. The first-order valence-corrected chi connectivity index (χ1v) is 13.9. The predicted octanol–water partition coefficient (Wildman–Crippen LogP) is -6.06. The number of alkyl halides is 1. The molecule has 18 heteroatoms. The summed E-state index contributed by atoms with van der Waals surface area (Å²) in [5, 5.41) is 109. The van der Waals surface area contributed by atoms with Crippen molar-refractivity contribution in [3.63, 3.8) is 0 Å². The van der Waals surface area contributed by atoms with Gasteiger partial charge in [0.25, 0.3) is 0 Å². The minimum atomic E-state index is -2.99. The van der Waals surface area contributed by atoms with Gasteiger partial charge in [-0.2, -0.15) is 0 Å². The Labute approximate surface area is 247 Å². The molecule has 2 rings (SSSR count). The number of halogens is 1. The Bertz CT molecular complexity index is 836. The van der Waals surface area contributed by atoms with Crippen LogP contribution in [0.5, 0.6) is 0 Å². The van der Waals surface area contributed by atoms with Gasteiger partial charge in [-0.05, 0) is 20.0 Å². The van der Waals surface area contributed by atoms with Crippen molar-refractivity contribution < 1.29 is 79.9 Å². The minimum absolute atomic E-state index is 0.421. The lowest BCUT2D eigenvalue weighted by molar-refractivity contribution is -0.333. The highest BCUT2D eigenvalue weighted by atomic mass is 35.5. The van der Waals surface area contributed by atoms with E-state index in [1.165, 1.54) is 6.92 Å². The van der Waals surface area contributed by atoms with Crippen molar-refractivity contribution in [3.8, 4) is 0 Å². The van der Waals surface area contributed by atoms with Gasteiger partial charge in [0, 0.05) is 0 Å². The number of aliphatic hydroxyl groups is 11. The number of carbonyl (C=O) groups excluding carboxylic acids is 1. The van der Waals surface area contributed by atoms with Crippen LogP contribution < -0.4 is 0 Å². The molecule has 0 aliphatic carbocycles. The Kier molecular flexibility index (Phi) is 14.3. The van der Waals surface area contributed by atoms with Gasteiger partial charge in [-0.3, -0.25) is 9.69 Å². The Hall–Kier alpha value is -0.680. The molecule has 0 bridgehead atoms. The molecule has 0 aromatic heterocycles. The van der Waals surface area contributed by atoms with E-state index in [4.69, 9.17) is 30.5 Å². The lowest BCUT2D eigenvalue weighted by Crippen LogP contribution is -2.62. The van der Waals surface area contributed by atoms with E-state index in [-0.39, 0.29) is 0 Å². The van der Waals surface area contributed by atoms with Crippen LogP contribution in [0.4, 0.5) is 0 Å². The van der Waals surface area contributed by atoms with E-state index in [0.717, 1.165) is 0 Å². The molecule has 1 unspecified atom stereocenters. The van der Waals surface area contributed by atoms with E-state index in [9.17, 15) is 61.0 Å². The number of likely N-dealkylation sites (N-methyl/N-ethyl adjacent to an activating group) is 1. The van der Waals surface area contributed by atoms with E-state index < -0.39 is 116 Å². The topological polar surface area (TPSA) is 280 Å². The number of nitrogens with zero attached hydrogens (tertiary/aromatic N) is 1. The van der Waals surface area contributed by atoms with Crippen LogP contribution >= 0.6 is 11.6 Å². The molecule has 0 amide bonds. The zero-order valence-corrected chi connectivity index (χ0v) is 24.2. The van der Waals surface area contributed by atoms with E-state index in [2.05, 4.69) is 0 Å². The van der Waals surface area contributed by atoms with Crippen LogP contribution in [0.15, 0.2) is 0 Å². The van der Waals surface area contributed by atoms with Crippen LogP contribution in [-0.4, -0.2) is 191 Å². The van der Waals surface area contributed by atoms with Crippen LogP contribution in [-0.2, 0) is 23.7 Å².